The van der Waals surface area contributed by atoms with Crippen LogP contribution in [-0.2, 0) is 4.79 Å². The second-order valence-corrected chi connectivity index (χ2v) is 5.94. The monoisotopic (exact) mass is 324 g/mol. The Morgan fingerprint density at radius 2 is 2.21 bits per heavy atom. The van der Waals surface area contributed by atoms with Crippen LogP contribution in [0.4, 0.5) is 0 Å². The molecule has 1 saturated heterocycles. The fourth-order valence-electron chi connectivity index (χ4n) is 2.71. The Morgan fingerprint density at radius 1 is 1.32 bits per heavy atom. The van der Waals surface area contributed by atoms with Gasteiger partial charge in [0.1, 0.15) is 5.75 Å². The van der Waals surface area contributed by atoms with Crippen LogP contribution < -0.4 is 15.4 Å². The Kier molecular flexibility index (Phi) is 3.75. The second kappa shape index (κ2) is 5.51. The number of carbonyl (C=O) groups excluding carboxylic acids is 1. The van der Waals surface area contributed by atoms with Gasteiger partial charge in [-0.2, -0.15) is 0 Å². The van der Waals surface area contributed by atoms with Crippen molar-refractivity contribution >= 4 is 21.8 Å². The molecule has 1 amide bonds. The molecule has 0 aliphatic carbocycles. The Balaban J connectivity index is 1.79. The van der Waals surface area contributed by atoms with Crippen molar-refractivity contribution in [2.75, 3.05) is 13.2 Å². The number of ether oxygens (including phenoxy) is 1. The fraction of sp³-hybridized carbons (Fsp3) is 0.500. The van der Waals surface area contributed by atoms with Gasteiger partial charge in [-0.05, 0) is 31.0 Å². The van der Waals surface area contributed by atoms with Crippen molar-refractivity contribution in [1.82, 2.24) is 10.6 Å². The van der Waals surface area contributed by atoms with Crippen LogP contribution in [0, 0.1) is 0 Å². The summed E-state index contributed by atoms with van der Waals surface area (Å²) in [7, 11) is 0. The summed E-state index contributed by atoms with van der Waals surface area (Å²) < 4.78 is 6.70. The van der Waals surface area contributed by atoms with E-state index in [1.54, 1.807) is 0 Å². The smallest absolute Gasteiger partial charge is 0.237 e. The van der Waals surface area contributed by atoms with E-state index in [0.717, 1.165) is 41.6 Å². The molecule has 5 heteroatoms. The first-order valence-electron chi connectivity index (χ1n) is 6.70. The Bertz CT molecular complexity index is 492. The number of fused-ring (bicyclic) bond motifs is 1. The van der Waals surface area contributed by atoms with Crippen LogP contribution in [0.25, 0.3) is 0 Å². The SMILES string of the molecule is O=C1NCCCC1NC1CCOc2ccc(Br)cc21. The first kappa shape index (κ1) is 12.9. The van der Waals surface area contributed by atoms with E-state index in [4.69, 9.17) is 4.74 Å². The third-order valence-corrected chi connectivity index (χ3v) is 4.19. The molecule has 1 aromatic carbocycles. The van der Waals surface area contributed by atoms with Gasteiger partial charge in [-0.25, -0.2) is 0 Å². The number of nitrogens with one attached hydrogen (secondary N) is 2. The molecule has 2 heterocycles. The summed E-state index contributed by atoms with van der Waals surface area (Å²) in [5.41, 5.74) is 1.14. The zero-order chi connectivity index (χ0) is 13.2. The molecule has 0 saturated carbocycles. The van der Waals surface area contributed by atoms with E-state index >= 15 is 0 Å². The highest BCUT2D eigenvalue weighted by Gasteiger charge is 2.28. The summed E-state index contributed by atoms with van der Waals surface area (Å²) in [6.07, 6.45) is 2.84. The van der Waals surface area contributed by atoms with Gasteiger partial charge in [0.05, 0.1) is 12.6 Å². The van der Waals surface area contributed by atoms with Crippen molar-refractivity contribution in [2.24, 2.45) is 0 Å². The second-order valence-electron chi connectivity index (χ2n) is 5.02. The van der Waals surface area contributed by atoms with Crippen molar-refractivity contribution in [1.29, 1.82) is 0 Å². The number of hydrogen-bond acceptors (Lipinski definition) is 3. The molecule has 2 unspecified atom stereocenters. The predicted molar refractivity (Wildman–Crippen MR) is 76.2 cm³/mol. The van der Waals surface area contributed by atoms with Gasteiger partial charge < -0.3 is 10.1 Å². The van der Waals surface area contributed by atoms with Gasteiger partial charge in [-0.3, -0.25) is 10.1 Å². The van der Waals surface area contributed by atoms with E-state index in [2.05, 4.69) is 32.6 Å². The molecule has 0 bridgehead atoms. The minimum absolute atomic E-state index is 0.0799. The zero-order valence-electron chi connectivity index (χ0n) is 10.6. The summed E-state index contributed by atoms with van der Waals surface area (Å²) in [4.78, 5) is 11.8. The van der Waals surface area contributed by atoms with Crippen molar-refractivity contribution in [3.63, 3.8) is 0 Å². The van der Waals surface area contributed by atoms with E-state index in [0.29, 0.717) is 6.61 Å². The molecule has 2 N–H and O–H groups in total. The molecule has 3 rings (SSSR count). The van der Waals surface area contributed by atoms with Crippen LogP contribution in [0.3, 0.4) is 0 Å². The highest BCUT2D eigenvalue weighted by atomic mass is 79.9. The maximum absolute atomic E-state index is 11.8. The number of piperidine rings is 1. The first-order chi connectivity index (χ1) is 9.24. The molecular formula is C14H17BrN2O2. The number of benzene rings is 1. The van der Waals surface area contributed by atoms with E-state index in [1.807, 2.05) is 12.1 Å². The van der Waals surface area contributed by atoms with Crippen LogP contribution in [0.5, 0.6) is 5.75 Å². The number of carbonyl (C=O) groups is 1. The lowest BCUT2D eigenvalue weighted by molar-refractivity contribution is -0.124. The molecule has 2 aliphatic rings. The Hall–Kier alpha value is -1.07. The van der Waals surface area contributed by atoms with Gasteiger partial charge in [0.2, 0.25) is 5.91 Å². The fourth-order valence-corrected chi connectivity index (χ4v) is 3.09. The maximum atomic E-state index is 11.8. The van der Waals surface area contributed by atoms with E-state index in [9.17, 15) is 4.79 Å². The molecule has 2 atom stereocenters. The van der Waals surface area contributed by atoms with Gasteiger partial charge in [0, 0.05) is 29.0 Å². The summed E-state index contributed by atoms with van der Waals surface area (Å²) in [6.45, 7) is 1.49. The maximum Gasteiger partial charge on any atom is 0.237 e. The standard InChI is InChI=1S/C14H17BrN2O2/c15-9-3-4-13-10(8-9)11(5-7-19-13)17-12-2-1-6-16-14(12)18/h3-4,8,11-12,17H,1-2,5-7H2,(H,16,18). The molecule has 0 spiro atoms. The van der Waals surface area contributed by atoms with Crippen LogP contribution in [-0.4, -0.2) is 25.1 Å². The lowest BCUT2D eigenvalue weighted by atomic mass is 9.97. The van der Waals surface area contributed by atoms with Crippen LogP contribution >= 0.6 is 15.9 Å². The largest absolute Gasteiger partial charge is 0.493 e. The molecule has 1 aromatic rings. The highest BCUT2D eigenvalue weighted by molar-refractivity contribution is 9.10. The van der Waals surface area contributed by atoms with E-state index in [-0.39, 0.29) is 18.0 Å². The lowest BCUT2D eigenvalue weighted by Crippen LogP contribution is -2.49. The van der Waals surface area contributed by atoms with Crippen LogP contribution in [0.1, 0.15) is 30.9 Å². The summed E-state index contributed by atoms with van der Waals surface area (Å²) >= 11 is 3.49. The van der Waals surface area contributed by atoms with Crippen molar-refractivity contribution < 1.29 is 9.53 Å². The van der Waals surface area contributed by atoms with E-state index in [1.165, 1.54) is 0 Å². The minimum Gasteiger partial charge on any atom is -0.493 e. The zero-order valence-corrected chi connectivity index (χ0v) is 12.2. The summed E-state index contributed by atoms with van der Waals surface area (Å²) in [6, 6.07) is 6.15. The number of hydrogen-bond donors (Lipinski definition) is 2. The third kappa shape index (κ3) is 2.77. The van der Waals surface area contributed by atoms with Gasteiger partial charge in [0.25, 0.3) is 0 Å². The average Bonchev–Trinajstić information content (AvgIpc) is 2.42. The molecule has 1 fully saturated rings. The molecule has 0 aromatic heterocycles. The van der Waals surface area contributed by atoms with Crippen LogP contribution in [0.15, 0.2) is 22.7 Å². The lowest BCUT2D eigenvalue weighted by Gasteiger charge is -2.32. The topological polar surface area (TPSA) is 50.4 Å². The number of amides is 1. The van der Waals surface area contributed by atoms with Crippen molar-refractivity contribution in [3.8, 4) is 5.75 Å². The van der Waals surface area contributed by atoms with Crippen molar-refractivity contribution in [2.45, 2.75) is 31.3 Å². The van der Waals surface area contributed by atoms with Gasteiger partial charge in [-0.1, -0.05) is 15.9 Å². The minimum atomic E-state index is -0.0799. The highest BCUT2D eigenvalue weighted by Crippen LogP contribution is 2.34. The number of halogens is 1. The quantitative estimate of drug-likeness (QED) is 0.876. The third-order valence-electron chi connectivity index (χ3n) is 3.70. The summed E-state index contributed by atoms with van der Waals surface area (Å²) in [5.74, 6) is 1.04. The normalized spacial score (nSPS) is 26.3. The van der Waals surface area contributed by atoms with Crippen LogP contribution in [0.2, 0.25) is 0 Å². The predicted octanol–water partition coefficient (Wildman–Crippen LogP) is 2.14. The number of rotatable bonds is 2. The average molecular weight is 325 g/mol. The molecule has 2 aliphatic heterocycles. The molecule has 102 valence electrons. The first-order valence-corrected chi connectivity index (χ1v) is 7.49. The summed E-state index contributed by atoms with van der Waals surface area (Å²) in [5, 5.41) is 6.39. The van der Waals surface area contributed by atoms with E-state index < -0.39 is 0 Å². The van der Waals surface area contributed by atoms with Gasteiger partial charge >= 0.3 is 0 Å². The Labute approximate surface area is 121 Å². The van der Waals surface area contributed by atoms with Crippen molar-refractivity contribution in [3.05, 3.63) is 28.2 Å². The molecule has 19 heavy (non-hydrogen) atoms. The molecule has 0 radical (unpaired) electrons. The Morgan fingerprint density at radius 3 is 3.05 bits per heavy atom. The molecule has 4 nitrogen and oxygen atoms in total. The van der Waals surface area contributed by atoms with Gasteiger partial charge in [0.15, 0.2) is 0 Å². The van der Waals surface area contributed by atoms with Gasteiger partial charge in [-0.15, -0.1) is 0 Å². The molecular weight excluding hydrogens is 308 g/mol.